The molecular formula is C27H34F2. The zero-order valence-corrected chi connectivity index (χ0v) is 17.7. The summed E-state index contributed by atoms with van der Waals surface area (Å²) in [4.78, 5) is 0. The van der Waals surface area contributed by atoms with Gasteiger partial charge in [-0.15, -0.1) is 0 Å². The van der Waals surface area contributed by atoms with Crippen molar-refractivity contribution in [2.24, 2.45) is 5.92 Å². The topological polar surface area (TPSA) is 0 Å². The van der Waals surface area contributed by atoms with Crippen molar-refractivity contribution in [2.45, 2.75) is 89.4 Å². The Hall–Kier alpha value is -1.70. The fourth-order valence-electron chi connectivity index (χ4n) is 5.56. The Morgan fingerprint density at radius 2 is 1.48 bits per heavy atom. The van der Waals surface area contributed by atoms with Gasteiger partial charge < -0.3 is 0 Å². The van der Waals surface area contributed by atoms with Gasteiger partial charge in [0.2, 0.25) is 0 Å². The Bertz CT molecular complexity index is 800. The first kappa shape index (κ1) is 20.6. The minimum atomic E-state index is -0.718. The number of halogens is 2. The molecule has 0 heterocycles. The van der Waals surface area contributed by atoms with Crippen molar-refractivity contribution in [3.63, 3.8) is 0 Å². The summed E-state index contributed by atoms with van der Waals surface area (Å²) in [6, 6.07) is 12.1. The highest BCUT2D eigenvalue weighted by Gasteiger charge is 2.25. The van der Waals surface area contributed by atoms with E-state index in [1.807, 2.05) is 0 Å². The molecule has 2 aliphatic rings. The monoisotopic (exact) mass is 396 g/mol. The second-order valence-corrected chi connectivity index (χ2v) is 9.32. The zero-order valence-electron chi connectivity index (χ0n) is 17.7. The van der Waals surface area contributed by atoms with Gasteiger partial charge in [0.25, 0.3) is 0 Å². The van der Waals surface area contributed by atoms with E-state index in [4.69, 9.17) is 0 Å². The average molecular weight is 397 g/mol. The lowest BCUT2D eigenvalue weighted by molar-refractivity contribution is 0.303. The normalized spacial score (nSPS) is 24.3. The van der Waals surface area contributed by atoms with Gasteiger partial charge in [-0.2, -0.15) is 0 Å². The molecule has 0 amide bonds. The van der Waals surface area contributed by atoms with Gasteiger partial charge in [-0.05, 0) is 91.0 Å². The van der Waals surface area contributed by atoms with Crippen LogP contribution in [0.3, 0.4) is 0 Å². The number of hydrogen-bond acceptors (Lipinski definition) is 0. The van der Waals surface area contributed by atoms with Crippen molar-refractivity contribution in [3.8, 4) is 0 Å². The molecule has 2 aromatic carbocycles. The van der Waals surface area contributed by atoms with E-state index >= 15 is 0 Å². The quantitative estimate of drug-likeness (QED) is 0.433. The fourth-order valence-corrected chi connectivity index (χ4v) is 5.56. The standard InChI is InChI=1S/C27H34F2/c1-2-3-4-5-19-6-8-20(9-7-19)21-10-12-22(13-11-21)24-15-14-23-16-17-26(28)27(29)25(23)18-24/h10-13,16-17,19-20,24H,2-9,14-15,18H2,1H3. The van der Waals surface area contributed by atoms with E-state index in [0.717, 1.165) is 24.3 Å². The van der Waals surface area contributed by atoms with E-state index in [1.165, 1.54) is 68.6 Å². The molecule has 2 aromatic rings. The Morgan fingerprint density at radius 1 is 0.793 bits per heavy atom. The molecule has 0 aliphatic heterocycles. The second kappa shape index (κ2) is 9.41. The zero-order chi connectivity index (χ0) is 20.2. The summed E-state index contributed by atoms with van der Waals surface area (Å²) in [5.74, 6) is 0.575. The van der Waals surface area contributed by atoms with Gasteiger partial charge in [0, 0.05) is 0 Å². The molecule has 4 rings (SSSR count). The third-order valence-corrected chi connectivity index (χ3v) is 7.45. The van der Waals surface area contributed by atoms with Gasteiger partial charge >= 0.3 is 0 Å². The highest BCUT2D eigenvalue weighted by molar-refractivity contribution is 5.36. The molecular weight excluding hydrogens is 362 g/mol. The second-order valence-electron chi connectivity index (χ2n) is 9.32. The Morgan fingerprint density at radius 3 is 2.17 bits per heavy atom. The smallest absolute Gasteiger partial charge is 0.162 e. The van der Waals surface area contributed by atoms with Gasteiger partial charge in [0.15, 0.2) is 11.6 Å². The van der Waals surface area contributed by atoms with Crippen LogP contribution < -0.4 is 0 Å². The highest BCUT2D eigenvalue weighted by Crippen LogP contribution is 2.39. The van der Waals surface area contributed by atoms with Crippen molar-refractivity contribution in [3.05, 3.63) is 70.3 Å². The Kier molecular flexibility index (Phi) is 6.67. The summed E-state index contributed by atoms with van der Waals surface area (Å²) in [5, 5.41) is 0. The van der Waals surface area contributed by atoms with Crippen LogP contribution in [0.2, 0.25) is 0 Å². The summed E-state index contributed by atoms with van der Waals surface area (Å²) < 4.78 is 27.9. The number of rotatable bonds is 6. The molecule has 2 aliphatic carbocycles. The van der Waals surface area contributed by atoms with Gasteiger partial charge in [0.1, 0.15) is 0 Å². The van der Waals surface area contributed by atoms with Crippen molar-refractivity contribution in [1.82, 2.24) is 0 Å². The fraction of sp³-hybridized carbons (Fsp3) is 0.556. The van der Waals surface area contributed by atoms with Crippen LogP contribution in [0.25, 0.3) is 0 Å². The summed E-state index contributed by atoms with van der Waals surface area (Å²) in [6.45, 7) is 2.28. The number of hydrogen-bond donors (Lipinski definition) is 0. The summed E-state index contributed by atoms with van der Waals surface area (Å²) in [7, 11) is 0. The maximum Gasteiger partial charge on any atom is 0.162 e. The molecule has 0 radical (unpaired) electrons. The first-order valence-corrected chi connectivity index (χ1v) is 11.7. The van der Waals surface area contributed by atoms with Crippen molar-refractivity contribution in [1.29, 1.82) is 0 Å². The molecule has 2 heteroatoms. The number of benzene rings is 2. The molecule has 0 saturated heterocycles. The third-order valence-electron chi connectivity index (χ3n) is 7.45. The molecule has 1 unspecified atom stereocenters. The lowest BCUT2D eigenvalue weighted by Gasteiger charge is -2.29. The molecule has 1 saturated carbocycles. The van der Waals surface area contributed by atoms with Crippen LogP contribution in [0.15, 0.2) is 36.4 Å². The minimum Gasteiger partial charge on any atom is -0.204 e. The van der Waals surface area contributed by atoms with Crippen LogP contribution in [0.1, 0.15) is 98.8 Å². The van der Waals surface area contributed by atoms with Crippen LogP contribution in [0.4, 0.5) is 8.78 Å². The van der Waals surface area contributed by atoms with Gasteiger partial charge in [-0.25, -0.2) is 8.78 Å². The maximum absolute atomic E-state index is 14.2. The van der Waals surface area contributed by atoms with Gasteiger partial charge in [-0.1, -0.05) is 62.9 Å². The van der Waals surface area contributed by atoms with Gasteiger partial charge in [-0.3, -0.25) is 0 Å². The third kappa shape index (κ3) is 4.73. The van der Waals surface area contributed by atoms with E-state index in [1.54, 1.807) is 6.07 Å². The van der Waals surface area contributed by atoms with Crippen LogP contribution in [-0.2, 0) is 12.8 Å². The van der Waals surface area contributed by atoms with Crippen molar-refractivity contribution < 1.29 is 8.78 Å². The molecule has 1 fully saturated rings. The van der Waals surface area contributed by atoms with E-state index in [9.17, 15) is 8.78 Å². The summed E-state index contributed by atoms with van der Waals surface area (Å²) in [5.41, 5.74) is 4.31. The van der Waals surface area contributed by atoms with Gasteiger partial charge in [0.05, 0.1) is 0 Å². The summed E-state index contributed by atoms with van der Waals surface area (Å²) in [6.07, 6.45) is 13.4. The predicted molar refractivity (Wildman–Crippen MR) is 116 cm³/mol. The molecule has 0 nitrogen and oxygen atoms in total. The first-order chi connectivity index (χ1) is 14.2. The van der Waals surface area contributed by atoms with E-state index in [-0.39, 0.29) is 0 Å². The van der Waals surface area contributed by atoms with Crippen LogP contribution in [-0.4, -0.2) is 0 Å². The van der Waals surface area contributed by atoms with Crippen molar-refractivity contribution in [2.75, 3.05) is 0 Å². The molecule has 0 spiro atoms. The minimum absolute atomic E-state index is 0.294. The lowest BCUT2D eigenvalue weighted by atomic mass is 9.76. The Balaban J connectivity index is 1.36. The largest absolute Gasteiger partial charge is 0.204 e. The molecule has 0 aromatic heterocycles. The predicted octanol–water partition coefficient (Wildman–Crippen LogP) is 8.09. The van der Waals surface area contributed by atoms with E-state index in [2.05, 4.69) is 31.2 Å². The molecule has 0 N–H and O–H groups in total. The molecule has 29 heavy (non-hydrogen) atoms. The lowest BCUT2D eigenvalue weighted by Crippen LogP contribution is -2.16. The number of aryl methyl sites for hydroxylation is 1. The molecule has 1 atom stereocenters. The number of fused-ring (bicyclic) bond motifs is 1. The van der Waals surface area contributed by atoms with Crippen LogP contribution in [0.5, 0.6) is 0 Å². The summed E-state index contributed by atoms with van der Waals surface area (Å²) >= 11 is 0. The highest BCUT2D eigenvalue weighted by atomic mass is 19.2. The Labute approximate surface area is 174 Å². The van der Waals surface area contributed by atoms with Crippen molar-refractivity contribution >= 4 is 0 Å². The van der Waals surface area contributed by atoms with E-state index < -0.39 is 11.6 Å². The molecule has 156 valence electrons. The number of unbranched alkanes of at least 4 members (excludes halogenated alkanes) is 2. The SMILES string of the molecule is CCCCCC1CCC(c2ccc(C3CCc4ccc(F)c(F)c4C3)cc2)CC1. The first-order valence-electron chi connectivity index (χ1n) is 11.7. The average Bonchev–Trinajstić information content (AvgIpc) is 2.77. The van der Waals surface area contributed by atoms with Crippen LogP contribution in [0, 0.1) is 17.6 Å². The van der Waals surface area contributed by atoms with E-state index in [0.29, 0.717) is 23.8 Å². The maximum atomic E-state index is 14.2. The molecule has 0 bridgehead atoms. The van der Waals surface area contributed by atoms with Crippen LogP contribution >= 0.6 is 0 Å².